The molecule has 122 valence electrons. The van der Waals surface area contributed by atoms with Crippen LogP contribution >= 0.6 is 0 Å². The number of ether oxygens (including phenoxy) is 2. The Morgan fingerprint density at radius 1 is 1.50 bits per heavy atom. The molecule has 6 heteroatoms. The van der Waals surface area contributed by atoms with E-state index in [2.05, 4.69) is 5.10 Å². The van der Waals surface area contributed by atoms with Gasteiger partial charge in [0.1, 0.15) is 0 Å². The molecule has 0 aromatic carbocycles. The SMILES string of the molecule is COC1CCCC1C1COCCN1C(=O)Cc1ccnn1C. The van der Waals surface area contributed by atoms with Crippen LogP contribution in [0.2, 0.25) is 0 Å². The maximum Gasteiger partial charge on any atom is 0.228 e. The zero-order valence-electron chi connectivity index (χ0n) is 13.4. The highest BCUT2D eigenvalue weighted by Crippen LogP contribution is 2.34. The predicted molar refractivity (Wildman–Crippen MR) is 81.4 cm³/mol. The van der Waals surface area contributed by atoms with Gasteiger partial charge in [-0.1, -0.05) is 6.42 Å². The third kappa shape index (κ3) is 3.03. The Labute approximate surface area is 131 Å². The van der Waals surface area contributed by atoms with Crippen molar-refractivity contribution in [1.82, 2.24) is 14.7 Å². The number of aryl methyl sites for hydroxylation is 1. The van der Waals surface area contributed by atoms with Crippen LogP contribution in [0.3, 0.4) is 0 Å². The standard InChI is InChI=1S/C16H25N3O3/c1-18-12(6-7-17-18)10-16(20)19-8-9-22-11-14(19)13-4-3-5-15(13)21-2/h6-7,13-15H,3-5,8-11H2,1-2H3. The number of hydrogen-bond donors (Lipinski definition) is 0. The van der Waals surface area contributed by atoms with E-state index < -0.39 is 0 Å². The minimum Gasteiger partial charge on any atom is -0.381 e. The highest BCUT2D eigenvalue weighted by atomic mass is 16.5. The van der Waals surface area contributed by atoms with Crippen LogP contribution in [0.5, 0.6) is 0 Å². The topological polar surface area (TPSA) is 56.6 Å². The van der Waals surface area contributed by atoms with Gasteiger partial charge >= 0.3 is 0 Å². The number of amides is 1. The number of hydrogen-bond acceptors (Lipinski definition) is 4. The third-order valence-electron chi connectivity index (χ3n) is 5.04. The summed E-state index contributed by atoms with van der Waals surface area (Å²) in [5.74, 6) is 0.555. The molecule has 0 bridgehead atoms. The van der Waals surface area contributed by atoms with Crippen LogP contribution in [0.4, 0.5) is 0 Å². The minimum absolute atomic E-state index is 0.141. The van der Waals surface area contributed by atoms with Gasteiger partial charge in [-0.05, 0) is 18.9 Å². The highest BCUT2D eigenvalue weighted by molar-refractivity contribution is 5.78. The summed E-state index contributed by atoms with van der Waals surface area (Å²) in [6.45, 7) is 1.92. The summed E-state index contributed by atoms with van der Waals surface area (Å²) in [7, 11) is 3.64. The number of morpholine rings is 1. The van der Waals surface area contributed by atoms with Gasteiger partial charge in [-0.25, -0.2) is 0 Å². The summed E-state index contributed by atoms with van der Waals surface area (Å²) >= 11 is 0. The number of nitrogens with zero attached hydrogens (tertiary/aromatic N) is 3. The predicted octanol–water partition coefficient (Wildman–Crippen LogP) is 1.01. The molecular weight excluding hydrogens is 282 g/mol. The van der Waals surface area contributed by atoms with Crippen molar-refractivity contribution in [2.75, 3.05) is 26.9 Å². The van der Waals surface area contributed by atoms with Gasteiger partial charge in [-0.15, -0.1) is 0 Å². The molecule has 1 aromatic rings. The molecule has 0 spiro atoms. The van der Waals surface area contributed by atoms with Crippen molar-refractivity contribution in [1.29, 1.82) is 0 Å². The molecule has 3 unspecified atom stereocenters. The molecule has 22 heavy (non-hydrogen) atoms. The summed E-state index contributed by atoms with van der Waals surface area (Å²) < 4.78 is 13.0. The molecule has 1 aromatic heterocycles. The van der Waals surface area contributed by atoms with Gasteiger partial charge in [0.15, 0.2) is 0 Å². The average molecular weight is 307 g/mol. The minimum atomic E-state index is 0.141. The van der Waals surface area contributed by atoms with Crippen molar-refractivity contribution in [2.45, 2.75) is 37.8 Å². The van der Waals surface area contributed by atoms with Crippen molar-refractivity contribution in [3.8, 4) is 0 Å². The fourth-order valence-corrected chi connectivity index (χ4v) is 3.81. The number of rotatable bonds is 4. The number of methoxy groups -OCH3 is 1. The molecule has 2 fully saturated rings. The molecular formula is C16H25N3O3. The molecule has 3 rings (SSSR count). The summed E-state index contributed by atoms with van der Waals surface area (Å²) in [4.78, 5) is 14.8. The van der Waals surface area contributed by atoms with Crippen molar-refractivity contribution >= 4 is 5.91 Å². The second-order valence-corrected chi connectivity index (χ2v) is 6.22. The lowest BCUT2D eigenvalue weighted by molar-refractivity contribution is -0.143. The van der Waals surface area contributed by atoms with Crippen molar-refractivity contribution in [3.63, 3.8) is 0 Å². The molecule has 3 atom stereocenters. The molecule has 6 nitrogen and oxygen atoms in total. The molecule has 0 radical (unpaired) electrons. The summed E-state index contributed by atoms with van der Waals surface area (Å²) in [5.41, 5.74) is 0.949. The Morgan fingerprint density at radius 2 is 2.36 bits per heavy atom. The number of aromatic nitrogens is 2. The largest absolute Gasteiger partial charge is 0.381 e. The molecule has 2 heterocycles. The van der Waals surface area contributed by atoms with Gasteiger partial charge in [0, 0.05) is 38.5 Å². The second kappa shape index (κ2) is 6.79. The number of carbonyl (C=O) groups excluding carboxylic acids is 1. The maximum absolute atomic E-state index is 12.8. The van der Waals surface area contributed by atoms with E-state index in [0.29, 0.717) is 32.1 Å². The Bertz CT molecular complexity index is 516. The van der Waals surface area contributed by atoms with Crippen LogP contribution in [0.1, 0.15) is 25.0 Å². The van der Waals surface area contributed by atoms with E-state index in [9.17, 15) is 4.79 Å². The first kappa shape index (κ1) is 15.5. The van der Waals surface area contributed by atoms with Gasteiger partial charge < -0.3 is 14.4 Å². The van der Waals surface area contributed by atoms with Gasteiger partial charge in [0.05, 0.1) is 31.8 Å². The smallest absolute Gasteiger partial charge is 0.228 e. The third-order valence-corrected chi connectivity index (χ3v) is 5.04. The Hall–Kier alpha value is -1.40. The van der Waals surface area contributed by atoms with Crippen LogP contribution in [-0.4, -0.2) is 59.6 Å². The summed E-state index contributed by atoms with van der Waals surface area (Å²) in [5, 5.41) is 4.14. The van der Waals surface area contributed by atoms with Gasteiger partial charge in [-0.2, -0.15) is 5.10 Å². The molecule has 0 N–H and O–H groups in total. The van der Waals surface area contributed by atoms with E-state index in [4.69, 9.17) is 9.47 Å². The normalized spacial score (nSPS) is 29.0. The van der Waals surface area contributed by atoms with Gasteiger partial charge in [0.25, 0.3) is 0 Å². The van der Waals surface area contributed by atoms with E-state index in [1.54, 1.807) is 18.0 Å². The van der Waals surface area contributed by atoms with Gasteiger partial charge in [0.2, 0.25) is 5.91 Å². The van der Waals surface area contributed by atoms with E-state index in [-0.39, 0.29) is 18.1 Å². The van der Waals surface area contributed by atoms with Crippen molar-refractivity contribution in [2.24, 2.45) is 13.0 Å². The quantitative estimate of drug-likeness (QED) is 0.833. The van der Waals surface area contributed by atoms with Crippen LogP contribution in [0, 0.1) is 5.92 Å². The zero-order valence-corrected chi connectivity index (χ0v) is 13.4. The lowest BCUT2D eigenvalue weighted by Gasteiger charge is -2.40. The Morgan fingerprint density at radius 3 is 3.09 bits per heavy atom. The van der Waals surface area contributed by atoms with E-state index in [0.717, 1.165) is 18.5 Å². The Kier molecular flexibility index (Phi) is 4.78. The lowest BCUT2D eigenvalue weighted by atomic mass is 9.93. The Balaban J connectivity index is 1.72. The number of carbonyl (C=O) groups is 1. The van der Waals surface area contributed by atoms with E-state index in [1.165, 1.54) is 6.42 Å². The fourth-order valence-electron chi connectivity index (χ4n) is 3.81. The first-order chi connectivity index (χ1) is 10.7. The molecule has 1 saturated heterocycles. The maximum atomic E-state index is 12.8. The zero-order chi connectivity index (χ0) is 15.5. The molecule has 1 aliphatic carbocycles. The molecule has 2 aliphatic rings. The summed E-state index contributed by atoms with van der Waals surface area (Å²) in [6, 6.07) is 2.04. The van der Waals surface area contributed by atoms with Crippen LogP contribution in [-0.2, 0) is 27.7 Å². The summed E-state index contributed by atoms with van der Waals surface area (Å²) in [6.07, 6.45) is 5.75. The lowest BCUT2D eigenvalue weighted by Crippen LogP contribution is -2.54. The first-order valence-electron chi connectivity index (χ1n) is 8.07. The monoisotopic (exact) mass is 307 g/mol. The molecule has 1 saturated carbocycles. The van der Waals surface area contributed by atoms with E-state index >= 15 is 0 Å². The van der Waals surface area contributed by atoms with E-state index in [1.807, 2.05) is 18.0 Å². The van der Waals surface area contributed by atoms with Crippen molar-refractivity contribution < 1.29 is 14.3 Å². The molecule has 1 aliphatic heterocycles. The van der Waals surface area contributed by atoms with Crippen LogP contribution in [0.15, 0.2) is 12.3 Å². The van der Waals surface area contributed by atoms with Gasteiger partial charge in [-0.3, -0.25) is 9.48 Å². The van der Waals surface area contributed by atoms with Crippen LogP contribution in [0.25, 0.3) is 0 Å². The molecule has 1 amide bonds. The highest BCUT2D eigenvalue weighted by Gasteiger charge is 2.40. The average Bonchev–Trinajstić information content (AvgIpc) is 3.16. The fraction of sp³-hybridized carbons (Fsp3) is 0.750. The first-order valence-corrected chi connectivity index (χ1v) is 8.07. The van der Waals surface area contributed by atoms with Crippen molar-refractivity contribution in [3.05, 3.63) is 18.0 Å². The van der Waals surface area contributed by atoms with Crippen LogP contribution < -0.4 is 0 Å². The second-order valence-electron chi connectivity index (χ2n) is 6.22.